The highest BCUT2D eigenvalue weighted by molar-refractivity contribution is 6.26. The fourth-order valence-corrected chi connectivity index (χ4v) is 12.3. The smallest absolute Gasteiger partial charge is 0.261 e. The van der Waals surface area contributed by atoms with Crippen LogP contribution in [0.25, 0.3) is 0 Å². The molecule has 2 aliphatic rings. The average molecular weight is 1260 g/mol. The lowest BCUT2D eigenvalue weighted by molar-refractivity contribution is -0.356. The monoisotopic (exact) mass is 1260 g/mol. The Labute approximate surface area is 513 Å². The lowest BCUT2D eigenvalue weighted by atomic mass is 9.77. The van der Waals surface area contributed by atoms with Crippen LogP contribution in [0.4, 0.5) is 0 Å². The van der Waals surface area contributed by atoms with E-state index < -0.39 is 213 Å². The Morgan fingerprint density at radius 2 is 0.989 bits per heavy atom. The Hall–Kier alpha value is -2.42. The Morgan fingerprint density at radius 1 is 0.540 bits per heavy atom. The average Bonchev–Trinajstić information content (AvgIpc) is 2.13. The molecule has 2 rings (SSSR count). The number of aliphatic hydroxyl groups excluding tert-OH is 20. The van der Waals surface area contributed by atoms with Crippen molar-refractivity contribution in [3.05, 3.63) is 23.0 Å². The van der Waals surface area contributed by atoms with E-state index in [0.29, 0.717) is 18.4 Å². The molecule has 2 saturated heterocycles. The van der Waals surface area contributed by atoms with Gasteiger partial charge in [-0.1, -0.05) is 106 Å². The first kappa shape index (κ1) is 80.7. The molecule has 0 unspecified atom stereocenters. The van der Waals surface area contributed by atoms with Gasteiger partial charge in [-0.15, -0.1) is 0 Å². The molecule has 25 nitrogen and oxygen atoms in total. The van der Waals surface area contributed by atoms with Crippen LogP contribution in [0, 0.1) is 41.4 Å². The summed E-state index contributed by atoms with van der Waals surface area (Å²) < 4.78 is 5.50. The van der Waals surface area contributed by atoms with Gasteiger partial charge in [0.05, 0.1) is 91.5 Å². The molecule has 25 heteroatoms. The van der Waals surface area contributed by atoms with Gasteiger partial charge in [0.1, 0.15) is 48.0 Å². The van der Waals surface area contributed by atoms with Gasteiger partial charge in [-0.3, -0.25) is 9.59 Å². The van der Waals surface area contributed by atoms with Crippen LogP contribution in [0.2, 0.25) is 0 Å². The maximum absolute atomic E-state index is 12.6. The number of hydrogen-bond donors (Lipinski definition) is 21. The number of nitrogens with zero attached hydrogens (tertiary/aromatic N) is 1. The van der Waals surface area contributed by atoms with Crippen molar-refractivity contribution >= 4 is 11.7 Å². The van der Waals surface area contributed by atoms with Crippen molar-refractivity contribution in [1.29, 1.82) is 0 Å². The van der Waals surface area contributed by atoms with Crippen molar-refractivity contribution in [2.24, 2.45) is 41.4 Å². The van der Waals surface area contributed by atoms with Crippen LogP contribution in [0.3, 0.4) is 0 Å². The predicted octanol–water partition coefficient (Wildman–Crippen LogP) is -1.17. The second-order valence-corrected chi connectivity index (χ2v) is 26.4. The lowest BCUT2D eigenvalue weighted by Crippen LogP contribution is -2.65. The molecule has 1 amide bonds. The number of ether oxygens (including phenoxy) is 1. The minimum atomic E-state index is -2.59. The fraction of sp³-hybridized carbons (Fsp3) is 0.903. The fourth-order valence-electron chi connectivity index (χ4n) is 12.3. The molecule has 0 aromatic carbocycles. The van der Waals surface area contributed by atoms with E-state index in [1.165, 1.54) is 46.6 Å². The standard InChI is InChI=1S/C62H115NO24/c1-12-13-14-15-16-17-18-19-38(64)28-62(86)60(84)59(83)57(81)47(87-62)27-46(72)56(80)58(82)55(79)45(71)25-40(66)23-39(65)24-41(67)32(5)50(74)33(6)42(68)26-43(69)34(7)51(75)35(8)52(76)36(9)53(77)44(70)22-30(3)20-29(2)21-31(4)49(73)48-54(78)37(10)63(11)61(48)85/h21,29-30,32-47,50-53,55-60,64-77,79-84,86H,12-20,22-28H2,1-11H3/b31-21+,49-48+/t29-,30+,32-,33-,34-,35+,36-,37+,38+,39+,40-,41+,42-,43+,44-,45-,46+,47+,50+,51+,52+,53-,55+,56-,57+,58-,59-,60-,62-/m0/s1. The highest BCUT2D eigenvalue weighted by Crippen LogP contribution is 2.36. The van der Waals surface area contributed by atoms with Gasteiger partial charge >= 0.3 is 0 Å². The molecular formula is C62H115NO24. The summed E-state index contributed by atoms with van der Waals surface area (Å²) in [6.45, 7) is 16.3. The summed E-state index contributed by atoms with van der Waals surface area (Å²) in [5.74, 6) is -9.32. The molecule has 2 fully saturated rings. The number of ketones is 1. The van der Waals surface area contributed by atoms with Gasteiger partial charge in [-0.25, -0.2) is 0 Å². The number of unbranched alkanes of at least 4 members (excludes halogenated alkanes) is 6. The van der Waals surface area contributed by atoms with Crippen molar-refractivity contribution in [3.8, 4) is 0 Å². The molecule has 0 radical (unpaired) electrons. The first-order valence-corrected chi connectivity index (χ1v) is 31.5. The highest BCUT2D eigenvalue weighted by atomic mass is 16.7. The summed E-state index contributed by atoms with van der Waals surface area (Å²) in [7, 11) is 1.48. The molecule has 0 aromatic rings. The van der Waals surface area contributed by atoms with Gasteiger partial charge in [-0.05, 0) is 69.8 Å². The quantitative estimate of drug-likeness (QED) is 0.0148. The predicted molar refractivity (Wildman–Crippen MR) is 318 cm³/mol. The van der Waals surface area contributed by atoms with Crippen molar-refractivity contribution in [2.75, 3.05) is 7.05 Å². The zero-order valence-electron chi connectivity index (χ0n) is 53.1. The number of amides is 1. The summed E-state index contributed by atoms with van der Waals surface area (Å²) >= 11 is 0. The number of hydrogen-bond acceptors (Lipinski definition) is 24. The third-order valence-corrected chi connectivity index (χ3v) is 18.8. The van der Waals surface area contributed by atoms with Crippen molar-refractivity contribution < 1.29 is 122 Å². The first-order chi connectivity index (χ1) is 40.3. The second-order valence-electron chi connectivity index (χ2n) is 26.4. The van der Waals surface area contributed by atoms with E-state index in [0.717, 1.165) is 38.5 Å². The number of Topliss-reactive ketones (excluding diaryl/α,β-unsaturated/α-hetero) is 1. The summed E-state index contributed by atoms with van der Waals surface area (Å²) in [5.41, 5.74) is 0.0730. The Balaban J connectivity index is 1.88. The topological polar surface area (TPSA) is 471 Å². The van der Waals surface area contributed by atoms with Crippen LogP contribution < -0.4 is 0 Å². The Morgan fingerprint density at radius 3 is 1.51 bits per heavy atom. The third kappa shape index (κ3) is 23.3. The van der Waals surface area contributed by atoms with Gasteiger partial charge in [0, 0.05) is 55.9 Å². The van der Waals surface area contributed by atoms with E-state index in [1.54, 1.807) is 19.9 Å². The van der Waals surface area contributed by atoms with E-state index in [4.69, 9.17) is 4.74 Å². The molecular weight excluding hydrogens is 1140 g/mol. The number of rotatable bonds is 41. The summed E-state index contributed by atoms with van der Waals surface area (Å²) in [6, 6.07) is -0.694. The van der Waals surface area contributed by atoms with Crippen molar-refractivity contribution in [2.45, 2.75) is 306 Å². The first-order valence-electron chi connectivity index (χ1n) is 31.5. The zero-order chi connectivity index (χ0) is 66.9. The highest BCUT2D eigenvalue weighted by Gasteiger charge is 2.54. The SMILES string of the molecule is CCCCCCCCC[C@@H](O)C[C@]1(O)O[C@H](C[C@@H](O)[C@H](O)[C@@H](O)[C@H](O)[C@@H](O)C[C@@H](O)C[C@@H](O)C[C@@H](O)[C@H](C)[C@@H](O)[C@@H](C)[C@@H](O)C[C@@H](O)[C@H](C)[C@@H](O)[C@@H](C)[C@@H](O)[C@H](C)[C@H](O)[C@@H](O)C[C@H](C)C[C@H](C)/C=C(C)/C(O)=C2/C(=O)[C@@H](C)N(C)C2=O)[C@@H](O)[C@H](O)[C@@H]1O. The summed E-state index contributed by atoms with van der Waals surface area (Å²) in [4.78, 5) is 26.4. The molecule has 512 valence electrons. The molecule has 0 spiro atoms. The van der Waals surface area contributed by atoms with Crippen molar-refractivity contribution in [1.82, 2.24) is 4.90 Å². The number of aliphatic hydroxyl groups is 21. The molecule has 2 aliphatic heterocycles. The molecule has 0 aromatic heterocycles. The number of likely N-dealkylation sites (tertiary alicyclic amines) is 1. The minimum Gasteiger partial charge on any atom is -0.507 e. The van der Waals surface area contributed by atoms with Gasteiger partial charge < -0.3 is 117 Å². The Kier molecular flexibility index (Phi) is 34.6. The number of carbonyl (C=O) groups is 2. The molecule has 21 N–H and O–H groups in total. The van der Waals surface area contributed by atoms with E-state index >= 15 is 0 Å². The molecule has 0 saturated carbocycles. The molecule has 29 atom stereocenters. The molecule has 87 heavy (non-hydrogen) atoms. The van der Waals surface area contributed by atoms with Gasteiger partial charge in [0.2, 0.25) is 0 Å². The second kappa shape index (κ2) is 37.3. The normalized spacial score (nSPS) is 29.4. The van der Waals surface area contributed by atoms with Gasteiger partial charge in [0.15, 0.2) is 11.6 Å². The van der Waals surface area contributed by atoms with Crippen molar-refractivity contribution in [3.63, 3.8) is 0 Å². The van der Waals surface area contributed by atoms with Crippen LogP contribution in [0.5, 0.6) is 0 Å². The van der Waals surface area contributed by atoms with Crippen LogP contribution in [-0.2, 0) is 14.3 Å². The van der Waals surface area contributed by atoms with E-state index in [2.05, 4.69) is 6.92 Å². The van der Waals surface area contributed by atoms with Crippen LogP contribution in [-0.4, -0.2) is 265 Å². The minimum absolute atomic E-state index is 0.112. The Bertz CT molecular complexity index is 2050. The zero-order valence-corrected chi connectivity index (χ0v) is 53.1. The van der Waals surface area contributed by atoms with E-state index in [1.807, 2.05) is 13.8 Å². The van der Waals surface area contributed by atoms with E-state index in [9.17, 15) is 117 Å². The number of carbonyl (C=O) groups excluding carboxylic acids is 2. The van der Waals surface area contributed by atoms with Crippen LogP contribution >= 0.6 is 0 Å². The van der Waals surface area contributed by atoms with Gasteiger partial charge in [0.25, 0.3) is 5.91 Å². The molecule has 0 bridgehead atoms. The van der Waals surface area contributed by atoms with Crippen LogP contribution in [0.15, 0.2) is 23.0 Å². The molecule has 0 aliphatic carbocycles. The third-order valence-electron chi connectivity index (χ3n) is 18.8. The lowest BCUT2D eigenvalue weighted by Gasteiger charge is -2.47. The van der Waals surface area contributed by atoms with Gasteiger partial charge in [-0.2, -0.15) is 0 Å². The van der Waals surface area contributed by atoms with E-state index in [-0.39, 0.29) is 36.7 Å². The largest absolute Gasteiger partial charge is 0.507 e. The maximum Gasteiger partial charge on any atom is 0.261 e. The number of allylic oxidation sites excluding steroid dienone is 2. The molecule has 2 heterocycles. The van der Waals surface area contributed by atoms with Crippen LogP contribution in [0.1, 0.15) is 172 Å². The number of likely N-dealkylation sites (N-methyl/N-ethyl adjacent to an activating group) is 1. The summed E-state index contributed by atoms with van der Waals surface area (Å²) in [6.07, 6.45) is -28.2. The maximum atomic E-state index is 12.6. The summed E-state index contributed by atoms with van der Waals surface area (Å²) in [5, 5.41) is 229.